The largest absolute Gasteiger partial charge is 0.378 e. The van der Waals surface area contributed by atoms with Gasteiger partial charge in [-0.25, -0.2) is 0 Å². The van der Waals surface area contributed by atoms with Crippen LogP contribution in [0.3, 0.4) is 0 Å². The van der Waals surface area contributed by atoms with Gasteiger partial charge in [-0.3, -0.25) is 15.0 Å². The minimum Gasteiger partial charge on any atom is -0.378 e. The highest BCUT2D eigenvalue weighted by molar-refractivity contribution is 6.32. The topological polar surface area (TPSA) is 58.4 Å². The van der Waals surface area contributed by atoms with Gasteiger partial charge in [0.2, 0.25) is 0 Å². The number of hydrogen-bond acceptors (Lipinski definition) is 4. The van der Waals surface area contributed by atoms with Gasteiger partial charge in [-0.2, -0.15) is 0 Å². The highest BCUT2D eigenvalue weighted by Gasteiger charge is 2.27. The van der Waals surface area contributed by atoms with Crippen LogP contribution in [0.5, 0.6) is 0 Å². The molecule has 0 bridgehead atoms. The Bertz CT molecular complexity index is 601. The van der Waals surface area contributed by atoms with Gasteiger partial charge in [-0.1, -0.05) is 30.2 Å². The quantitative estimate of drug-likeness (QED) is 0.512. The third kappa shape index (κ3) is 3.42. The molecule has 1 aliphatic rings. The monoisotopic (exact) mass is 323 g/mol. The van der Waals surface area contributed by atoms with E-state index in [2.05, 4.69) is 30.1 Å². The molecule has 5 nitrogen and oxygen atoms in total. The summed E-state index contributed by atoms with van der Waals surface area (Å²) in [7, 11) is 0. The van der Waals surface area contributed by atoms with Crippen LogP contribution in [-0.4, -0.2) is 29.0 Å². The molecule has 0 aliphatic carbocycles. The molecular weight excluding hydrogens is 302 g/mol. The summed E-state index contributed by atoms with van der Waals surface area (Å²) in [4.78, 5) is 13.2. The second kappa shape index (κ2) is 7.11. The zero-order valence-electron chi connectivity index (χ0n) is 13.2. The average molecular weight is 324 g/mol. The first kappa shape index (κ1) is 16.8. The molecule has 0 amide bonds. The second-order valence-electron chi connectivity index (χ2n) is 5.61. The molecule has 0 radical (unpaired) electrons. The van der Waals surface area contributed by atoms with E-state index in [4.69, 9.17) is 11.6 Å². The van der Waals surface area contributed by atoms with E-state index in [1.807, 2.05) is 6.92 Å². The van der Waals surface area contributed by atoms with Crippen molar-refractivity contribution in [2.45, 2.75) is 39.8 Å². The van der Waals surface area contributed by atoms with E-state index in [-0.39, 0.29) is 16.7 Å². The average Bonchev–Trinajstić information content (AvgIpc) is 2.65. The number of hydrogen-bond donors (Lipinski definition) is 1. The first-order valence-corrected chi connectivity index (χ1v) is 7.93. The van der Waals surface area contributed by atoms with Crippen molar-refractivity contribution in [3.05, 3.63) is 44.5 Å². The Labute approximate surface area is 136 Å². The maximum Gasteiger partial charge on any atom is 0.292 e. The van der Waals surface area contributed by atoms with Crippen molar-refractivity contribution in [2.75, 3.05) is 18.4 Å². The normalized spacial score (nSPS) is 19.3. The summed E-state index contributed by atoms with van der Waals surface area (Å²) in [6, 6.07) is 3.35. The van der Waals surface area contributed by atoms with E-state index >= 15 is 0 Å². The summed E-state index contributed by atoms with van der Waals surface area (Å²) in [5.41, 5.74) is 2.82. The van der Waals surface area contributed by atoms with Gasteiger partial charge in [0.05, 0.1) is 4.92 Å². The van der Waals surface area contributed by atoms with Crippen LogP contribution in [0.25, 0.3) is 0 Å². The molecule has 0 spiro atoms. The van der Waals surface area contributed by atoms with Crippen molar-refractivity contribution in [3.8, 4) is 0 Å². The molecule has 120 valence electrons. The fourth-order valence-corrected chi connectivity index (χ4v) is 2.95. The highest BCUT2D eigenvalue weighted by Crippen LogP contribution is 2.36. The summed E-state index contributed by atoms with van der Waals surface area (Å²) in [5, 5.41) is 15.0. The molecule has 2 rings (SSSR count). The zero-order valence-corrected chi connectivity index (χ0v) is 14.0. The summed E-state index contributed by atoms with van der Waals surface area (Å²) in [5.74, 6) is 0. The first-order valence-electron chi connectivity index (χ1n) is 7.55. The van der Waals surface area contributed by atoms with Crippen LogP contribution in [0.4, 0.5) is 11.4 Å². The number of halogens is 1. The Hall–Kier alpha value is -1.59. The molecule has 0 saturated carbocycles. The lowest BCUT2D eigenvalue weighted by molar-refractivity contribution is -0.384. The first-order chi connectivity index (χ1) is 10.5. The molecule has 1 aromatic carbocycles. The summed E-state index contributed by atoms with van der Waals surface area (Å²) in [6.07, 6.45) is 3.14. The van der Waals surface area contributed by atoms with Crippen molar-refractivity contribution < 1.29 is 4.92 Å². The van der Waals surface area contributed by atoms with Gasteiger partial charge in [-0.15, -0.1) is 0 Å². The fraction of sp³-hybridized carbons (Fsp3) is 0.500. The number of rotatable bonds is 4. The van der Waals surface area contributed by atoms with E-state index in [0.717, 1.165) is 18.5 Å². The minimum absolute atomic E-state index is 0.0928. The lowest BCUT2D eigenvalue weighted by Gasteiger charge is -2.27. The van der Waals surface area contributed by atoms with Crippen LogP contribution in [0.2, 0.25) is 5.02 Å². The number of fused-ring (bicyclic) bond motifs is 1. The smallest absolute Gasteiger partial charge is 0.292 e. The molecule has 0 aromatic heterocycles. The van der Waals surface area contributed by atoms with Crippen molar-refractivity contribution in [1.82, 2.24) is 4.90 Å². The fourth-order valence-electron chi connectivity index (χ4n) is 2.73. The van der Waals surface area contributed by atoms with Gasteiger partial charge < -0.3 is 5.32 Å². The number of anilines is 1. The van der Waals surface area contributed by atoms with Gasteiger partial charge in [0.1, 0.15) is 5.69 Å². The number of nitro benzene ring substituents is 1. The molecule has 6 heteroatoms. The van der Waals surface area contributed by atoms with Crippen molar-refractivity contribution in [1.29, 1.82) is 0 Å². The van der Waals surface area contributed by atoms with E-state index in [9.17, 15) is 10.1 Å². The van der Waals surface area contributed by atoms with Gasteiger partial charge in [0.15, 0.2) is 0 Å². The Morgan fingerprint density at radius 3 is 2.91 bits per heavy atom. The van der Waals surface area contributed by atoms with E-state index < -0.39 is 0 Å². The molecule has 1 atom stereocenters. The number of allylic oxidation sites excluding steroid dienone is 1. The third-order valence-corrected chi connectivity index (χ3v) is 4.61. The molecule has 1 aliphatic heterocycles. The van der Waals surface area contributed by atoms with Gasteiger partial charge in [0, 0.05) is 42.3 Å². The molecule has 0 fully saturated rings. The lowest BCUT2D eigenvalue weighted by atomic mass is 10.1. The van der Waals surface area contributed by atoms with Crippen LogP contribution >= 0.6 is 11.6 Å². The molecule has 0 saturated heterocycles. The van der Waals surface area contributed by atoms with E-state index in [1.54, 1.807) is 6.07 Å². The van der Waals surface area contributed by atoms with Crippen LogP contribution < -0.4 is 5.32 Å². The van der Waals surface area contributed by atoms with Crippen molar-refractivity contribution in [2.24, 2.45) is 0 Å². The Morgan fingerprint density at radius 1 is 1.59 bits per heavy atom. The molecular formula is C16H22ClN3O2. The number of nitro groups is 1. The SMILES string of the molecule is C/C=C(\CC)CN1Cc2c(Cl)ccc([N+](=O)[O-])c2NC[C@@H]1C. The minimum atomic E-state index is -0.355. The van der Waals surface area contributed by atoms with Gasteiger partial charge in [0.25, 0.3) is 5.69 Å². The molecule has 0 unspecified atom stereocenters. The summed E-state index contributed by atoms with van der Waals surface area (Å²) >= 11 is 6.30. The predicted molar refractivity (Wildman–Crippen MR) is 90.5 cm³/mol. The zero-order chi connectivity index (χ0) is 16.3. The van der Waals surface area contributed by atoms with Crippen LogP contribution in [0.1, 0.15) is 32.8 Å². The van der Waals surface area contributed by atoms with Crippen LogP contribution in [0, 0.1) is 10.1 Å². The highest BCUT2D eigenvalue weighted by atomic mass is 35.5. The van der Waals surface area contributed by atoms with Crippen molar-refractivity contribution >= 4 is 23.0 Å². The molecule has 22 heavy (non-hydrogen) atoms. The summed E-state index contributed by atoms with van der Waals surface area (Å²) in [6.45, 7) is 8.44. The van der Waals surface area contributed by atoms with Crippen LogP contribution in [-0.2, 0) is 6.54 Å². The van der Waals surface area contributed by atoms with E-state index in [0.29, 0.717) is 23.8 Å². The predicted octanol–water partition coefficient (Wildman–Crippen LogP) is 4.22. The van der Waals surface area contributed by atoms with Crippen LogP contribution in [0.15, 0.2) is 23.8 Å². The third-order valence-electron chi connectivity index (χ3n) is 4.26. The summed E-state index contributed by atoms with van der Waals surface area (Å²) < 4.78 is 0. The maximum atomic E-state index is 11.2. The number of benzene rings is 1. The van der Waals surface area contributed by atoms with Gasteiger partial charge in [-0.05, 0) is 26.3 Å². The molecule has 1 heterocycles. The van der Waals surface area contributed by atoms with Crippen molar-refractivity contribution in [3.63, 3.8) is 0 Å². The molecule has 1 aromatic rings. The Morgan fingerprint density at radius 2 is 2.32 bits per heavy atom. The van der Waals surface area contributed by atoms with Gasteiger partial charge >= 0.3 is 0 Å². The number of nitrogens with one attached hydrogen (secondary N) is 1. The van der Waals surface area contributed by atoms with E-state index in [1.165, 1.54) is 11.6 Å². The maximum absolute atomic E-state index is 11.2. The lowest BCUT2D eigenvalue weighted by Crippen LogP contribution is -2.36. The molecule has 1 N–H and O–H groups in total. The number of nitrogens with zero attached hydrogens (tertiary/aromatic N) is 2. The Kier molecular flexibility index (Phi) is 5.42. The second-order valence-corrected chi connectivity index (χ2v) is 6.02. The Balaban J connectivity index is 2.38. The standard InChI is InChI=1S/C16H22ClN3O2/c1-4-12(5-2)9-19-10-13-14(17)6-7-15(20(21)22)16(13)18-8-11(19)3/h4,6-7,11,18H,5,8-10H2,1-3H3/b12-4+/t11-/m0/s1.